The second-order valence-corrected chi connectivity index (χ2v) is 15.6. The van der Waals surface area contributed by atoms with Crippen LogP contribution < -0.4 is 0 Å². The lowest BCUT2D eigenvalue weighted by Crippen LogP contribution is -2.15. The van der Waals surface area contributed by atoms with E-state index < -0.39 is 0 Å². The minimum atomic E-state index is -0.0402. The molecule has 2 fully saturated rings. The van der Waals surface area contributed by atoms with Crippen LogP contribution in [0.4, 0.5) is 0 Å². The summed E-state index contributed by atoms with van der Waals surface area (Å²) in [5, 5.41) is 22.4. The number of rotatable bonds is 10. The second kappa shape index (κ2) is 14.0. The molecule has 0 radical (unpaired) electrons. The standard InChI is InChI=1S/C39H60O2/c1-38(2,3)34-26-28(24-32(36(34)40)30-20-14-10-15-21-30)18-12-8-7-9-13-19-29-25-33(31-22-16-11-17-23-31)37(41)35(27-29)39(4,5)6/h24-27,30-31,40-41H,7-23H2,1-6H3. The fraction of sp³-hybridized carbons (Fsp3) is 0.692. The number of aryl methyl sites for hydroxylation is 2. The highest BCUT2D eigenvalue weighted by Gasteiger charge is 2.27. The van der Waals surface area contributed by atoms with Gasteiger partial charge in [0.25, 0.3) is 0 Å². The lowest BCUT2D eigenvalue weighted by Gasteiger charge is -2.28. The van der Waals surface area contributed by atoms with Gasteiger partial charge in [0.15, 0.2) is 0 Å². The number of phenolic OH excluding ortho intramolecular Hbond substituents is 2. The Morgan fingerprint density at radius 1 is 0.512 bits per heavy atom. The molecule has 2 N–H and O–H groups in total. The first-order valence-corrected chi connectivity index (χ1v) is 17.2. The van der Waals surface area contributed by atoms with Crippen molar-refractivity contribution in [2.75, 3.05) is 0 Å². The van der Waals surface area contributed by atoms with Crippen LogP contribution in [0.1, 0.15) is 183 Å². The number of hydrogen-bond acceptors (Lipinski definition) is 2. The van der Waals surface area contributed by atoms with E-state index in [2.05, 4.69) is 65.8 Å². The van der Waals surface area contributed by atoms with Gasteiger partial charge in [0.1, 0.15) is 11.5 Å². The zero-order valence-corrected chi connectivity index (χ0v) is 27.4. The van der Waals surface area contributed by atoms with E-state index in [1.54, 1.807) is 0 Å². The van der Waals surface area contributed by atoms with Gasteiger partial charge >= 0.3 is 0 Å². The molecule has 2 aromatic carbocycles. The fourth-order valence-electron chi connectivity index (χ4n) is 7.51. The maximum absolute atomic E-state index is 11.2. The first-order valence-electron chi connectivity index (χ1n) is 17.2. The first-order chi connectivity index (χ1) is 19.4. The van der Waals surface area contributed by atoms with Crippen LogP contribution in [-0.4, -0.2) is 10.2 Å². The predicted octanol–water partition coefficient (Wildman–Crippen LogP) is 11.5. The largest absolute Gasteiger partial charge is 0.507 e. The summed E-state index contributed by atoms with van der Waals surface area (Å²) in [5.41, 5.74) is 7.47. The Labute approximate surface area is 252 Å². The molecule has 0 amide bonds. The van der Waals surface area contributed by atoms with Crippen molar-refractivity contribution in [1.82, 2.24) is 0 Å². The van der Waals surface area contributed by atoms with Crippen LogP contribution in [0.25, 0.3) is 0 Å². The molecule has 2 heteroatoms. The van der Waals surface area contributed by atoms with Crippen molar-refractivity contribution in [1.29, 1.82) is 0 Å². The molecular weight excluding hydrogens is 500 g/mol. The van der Waals surface area contributed by atoms with Gasteiger partial charge in [-0.05, 0) is 107 Å². The van der Waals surface area contributed by atoms with Gasteiger partial charge in [-0.2, -0.15) is 0 Å². The smallest absolute Gasteiger partial charge is 0.122 e. The van der Waals surface area contributed by atoms with Crippen molar-refractivity contribution in [3.8, 4) is 11.5 Å². The molecule has 0 aliphatic heterocycles. The summed E-state index contributed by atoms with van der Waals surface area (Å²) in [6, 6.07) is 9.29. The van der Waals surface area contributed by atoms with Gasteiger partial charge in [0.05, 0.1) is 0 Å². The number of phenols is 2. The number of benzene rings is 2. The highest BCUT2D eigenvalue weighted by molar-refractivity contribution is 5.50. The van der Waals surface area contributed by atoms with Crippen LogP contribution in [0, 0.1) is 0 Å². The molecular formula is C39H60O2. The summed E-state index contributed by atoms with van der Waals surface area (Å²) >= 11 is 0. The molecule has 0 unspecified atom stereocenters. The van der Waals surface area contributed by atoms with Crippen LogP contribution in [0.15, 0.2) is 24.3 Å². The monoisotopic (exact) mass is 560 g/mol. The Kier molecular flexibility index (Phi) is 10.9. The van der Waals surface area contributed by atoms with E-state index in [9.17, 15) is 10.2 Å². The van der Waals surface area contributed by atoms with Crippen molar-refractivity contribution in [3.63, 3.8) is 0 Å². The van der Waals surface area contributed by atoms with E-state index in [-0.39, 0.29) is 10.8 Å². The van der Waals surface area contributed by atoms with Crippen molar-refractivity contribution in [2.45, 2.75) is 173 Å². The number of aromatic hydroxyl groups is 2. The van der Waals surface area contributed by atoms with E-state index in [4.69, 9.17) is 0 Å². The quantitative estimate of drug-likeness (QED) is 0.284. The summed E-state index contributed by atoms with van der Waals surface area (Å²) in [6.45, 7) is 13.4. The second-order valence-electron chi connectivity index (χ2n) is 15.6. The molecule has 0 atom stereocenters. The summed E-state index contributed by atoms with van der Waals surface area (Å²) < 4.78 is 0. The maximum atomic E-state index is 11.2. The first kappa shape index (κ1) is 32.0. The number of unbranched alkanes of at least 4 members (excludes halogenated alkanes) is 4. The molecule has 0 heterocycles. The third-order valence-electron chi connectivity index (χ3n) is 10.0. The van der Waals surface area contributed by atoms with Crippen LogP contribution in [0.2, 0.25) is 0 Å². The maximum Gasteiger partial charge on any atom is 0.122 e. The normalized spacial score (nSPS) is 17.7. The minimum Gasteiger partial charge on any atom is -0.507 e. The third-order valence-corrected chi connectivity index (χ3v) is 10.0. The van der Waals surface area contributed by atoms with Crippen LogP contribution in [0.3, 0.4) is 0 Å². The minimum absolute atomic E-state index is 0.0402. The Balaban J connectivity index is 1.31. The van der Waals surface area contributed by atoms with Gasteiger partial charge in [-0.3, -0.25) is 0 Å². The zero-order valence-electron chi connectivity index (χ0n) is 27.4. The average molecular weight is 561 g/mol. The summed E-state index contributed by atoms with van der Waals surface area (Å²) in [7, 11) is 0. The molecule has 41 heavy (non-hydrogen) atoms. The van der Waals surface area contributed by atoms with Gasteiger partial charge in [-0.25, -0.2) is 0 Å². The van der Waals surface area contributed by atoms with Crippen LogP contribution in [0.5, 0.6) is 11.5 Å². The molecule has 228 valence electrons. The Bertz CT molecular complexity index is 1030. The number of hydrogen-bond donors (Lipinski definition) is 2. The molecule has 0 saturated heterocycles. The van der Waals surface area contributed by atoms with Gasteiger partial charge in [-0.1, -0.05) is 124 Å². The van der Waals surface area contributed by atoms with Crippen molar-refractivity contribution in [3.05, 3.63) is 57.6 Å². The molecule has 0 spiro atoms. The van der Waals surface area contributed by atoms with E-state index in [1.165, 1.54) is 119 Å². The molecule has 2 nitrogen and oxygen atoms in total. The molecule has 2 aliphatic carbocycles. The molecule has 0 aromatic heterocycles. The lowest BCUT2D eigenvalue weighted by molar-refractivity contribution is 0.402. The van der Waals surface area contributed by atoms with E-state index in [0.717, 1.165) is 24.0 Å². The van der Waals surface area contributed by atoms with E-state index in [1.807, 2.05) is 0 Å². The van der Waals surface area contributed by atoms with Crippen molar-refractivity contribution >= 4 is 0 Å². The Hall–Kier alpha value is -1.96. The summed E-state index contributed by atoms with van der Waals surface area (Å²) in [6.07, 6.45) is 21.2. The zero-order chi connectivity index (χ0) is 29.6. The lowest BCUT2D eigenvalue weighted by atomic mass is 9.78. The average Bonchev–Trinajstić information content (AvgIpc) is 2.93. The third kappa shape index (κ3) is 8.55. The van der Waals surface area contributed by atoms with Crippen molar-refractivity contribution in [2.24, 2.45) is 0 Å². The van der Waals surface area contributed by atoms with Gasteiger partial charge in [-0.15, -0.1) is 0 Å². The van der Waals surface area contributed by atoms with E-state index >= 15 is 0 Å². The summed E-state index contributed by atoms with van der Waals surface area (Å²) in [4.78, 5) is 0. The highest BCUT2D eigenvalue weighted by Crippen LogP contribution is 2.44. The van der Waals surface area contributed by atoms with Gasteiger partial charge in [0.2, 0.25) is 0 Å². The molecule has 4 rings (SSSR count). The Morgan fingerprint density at radius 3 is 1.20 bits per heavy atom. The fourth-order valence-corrected chi connectivity index (χ4v) is 7.51. The van der Waals surface area contributed by atoms with Gasteiger partial charge in [0, 0.05) is 0 Å². The van der Waals surface area contributed by atoms with Crippen molar-refractivity contribution < 1.29 is 10.2 Å². The van der Waals surface area contributed by atoms with Crippen LogP contribution in [-0.2, 0) is 23.7 Å². The molecule has 2 aromatic rings. The van der Waals surface area contributed by atoms with Crippen LogP contribution >= 0.6 is 0 Å². The highest BCUT2D eigenvalue weighted by atomic mass is 16.3. The Morgan fingerprint density at radius 2 is 0.854 bits per heavy atom. The molecule has 2 saturated carbocycles. The summed E-state index contributed by atoms with van der Waals surface area (Å²) in [5.74, 6) is 2.21. The predicted molar refractivity (Wildman–Crippen MR) is 176 cm³/mol. The molecule has 2 aliphatic rings. The molecule has 0 bridgehead atoms. The SMILES string of the molecule is CC(C)(C)c1cc(CCCCCCCc2cc(C3CCCCC3)c(O)c(C(C)(C)C)c2)cc(C2CCCCC2)c1O. The van der Waals surface area contributed by atoms with Gasteiger partial charge < -0.3 is 10.2 Å². The van der Waals surface area contributed by atoms with E-state index in [0.29, 0.717) is 23.3 Å². The topological polar surface area (TPSA) is 40.5 Å².